The molecule has 2 aliphatic rings. The quantitative estimate of drug-likeness (QED) is 0.495. The molecule has 34 heavy (non-hydrogen) atoms. The van der Waals surface area contributed by atoms with Gasteiger partial charge in [0.1, 0.15) is 0 Å². The van der Waals surface area contributed by atoms with Crippen LogP contribution < -0.4 is 0 Å². The monoisotopic (exact) mass is 455 g/mol. The van der Waals surface area contributed by atoms with Crippen molar-refractivity contribution >= 4 is 16.8 Å². The Morgan fingerprint density at radius 3 is 2.65 bits per heavy atom. The highest BCUT2D eigenvalue weighted by Crippen LogP contribution is 2.30. The summed E-state index contributed by atoms with van der Waals surface area (Å²) in [6, 6.07) is 14.2. The molecule has 7 heteroatoms. The second-order valence-corrected chi connectivity index (χ2v) is 9.50. The van der Waals surface area contributed by atoms with Crippen LogP contribution >= 0.6 is 0 Å². The van der Waals surface area contributed by atoms with Gasteiger partial charge in [0.15, 0.2) is 0 Å². The predicted molar refractivity (Wildman–Crippen MR) is 131 cm³/mol. The van der Waals surface area contributed by atoms with Crippen molar-refractivity contribution in [1.82, 2.24) is 24.9 Å². The molecule has 1 fully saturated rings. The zero-order chi connectivity index (χ0) is 23.1. The van der Waals surface area contributed by atoms with Gasteiger partial charge >= 0.3 is 0 Å². The molecule has 0 spiro atoms. The van der Waals surface area contributed by atoms with Crippen LogP contribution in [-0.4, -0.2) is 57.0 Å². The number of nitrogens with zero attached hydrogens (tertiary/aromatic N) is 4. The number of amides is 1. The first-order chi connectivity index (χ1) is 16.6. The molecule has 0 atom stereocenters. The average molecular weight is 456 g/mol. The Morgan fingerprint density at radius 2 is 1.82 bits per heavy atom. The molecule has 0 saturated carbocycles. The van der Waals surface area contributed by atoms with Crippen LogP contribution in [0.3, 0.4) is 0 Å². The summed E-state index contributed by atoms with van der Waals surface area (Å²) in [5, 5.41) is 5.36. The number of H-pyrrole nitrogens is 1. The fourth-order valence-electron chi connectivity index (χ4n) is 5.16. The highest BCUT2D eigenvalue weighted by molar-refractivity contribution is 5.99. The van der Waals surface area contributed by atoms with Crippen molar-refractivity contribution in [2.45, 2.75) is 39.2 Å². The van der Waals surface area contributed by atoms with Crippen molar-refractivity contribution in [3.8, 4) is 11.4 Å². The van der Waals surface area contributed by atoms with Crippen LogP contribution in [-0.2, 0) is 19.4 Å². The molecule has 1 aliphatic carbocycles. The molecule has 3 heterocycles. The van der Waals surface area contributed by atoms with Crippen LogP contribution in [0.1, 0.15) is 45.9 Å². The molecule has 0 radical (unpaired) electrons. The molecular weight excluding hydrogens is 426 g/mol. The van der Waals surface area contributed by atoms with E-state index in [0.29, 0.717) is 31.3 Å². The van der Waals surface area contributed by atoms with Crippen molar-refractivity contribution < 1.29 is 9.32 Å². The van der Waals surface area contributed by atoms with Gasteiger partial charge < -0.3 is 14.4 Å². The zero-order valence-electron chi connectivity index (χ0n) is 19.5. The number of nitrogens with one attached hydrogen (secondary N) is 1. The number of hydrogen-bond acceptors (Lipinski definition) is 5. The summed E-state index contributed by atoms with van der Waals surface area (Å²) in [6.45, 7) is 5.62. The standard InChI is InChI=1S/C27H29N5O2/c1-18-6-8-19(9-7-18)26-29-25(34-30-26)17-31-12-14-32(15-13-31)27(33)20-10-11-24-22(16-20)21-4-2-3-5-23(21)28-24/h6-11,16,28H,2-5,12-15,17H2,1H3. The van der Waals surface area contributed by atoms with E-state index in [-0.39, 0.29) is 5.91 Å². The number of carbonyl (C=O) groups excluding carboxylic acids is 1. The molecule has 6 rings (SSSR count). The van der Waals surface area contributed by atoms with Crippen molar-refractivity contribution in [3.05, 3.63) is 70.7 Å². The Labute approximate surface area is 198 Å². The van der Waals surface area contributed by atoms with E-state index in [1.807, 2.05) is 35.2 Å². The van der Waals surface area contributed by atoms with E-state index in [0.717, 1.165) is 42.6 Å². The van der Waals surface area contributed by atoms with Gasteiger partial charge in [-0.25, -0.2) is 0 Å². The Morgan fingerprint density at radius 1 is 1.03 bits per heavy atom. The molecule has 0 unspecified atom stereocenters. The van der Waals surface area contributed by atoms with Crippen LogP contribution in [0.15, 0.2) is 47.0 Å². The highest BCUT2D eigenvalue weighted by Gasteiger charge is 2.24. The predicted octanol–water partition coefficient (Wildman–Crippen LogP) is 4.36. The minimum absolute atomic E-state index is 0.117. The van der Waals surface area contributed by atoms with Crippen molar-refractivity contribution in [1.29, 1.82) is 0 Å². The van der Waals surface area contributed by atoms with Gasteiger partial charge in [0, 0.05) is 53.9 Å². The van der Waals surface area contributed by atoms with E-state index in [1.54, 1.807) is 0 Å². The molecular formula is C27H29N5O2. The summed E-state index contributed by atoms with van der Waals surface area (Å²) >= 11 is 0. The lowest BCUT2D eigenvalue weighted by Crippen LogP contribution is -2.48. The van der Waals surface area contributed by atoms with Crippen molar-refractivity contribution in [2.24, 2.45) is 0 Å². The smallest absolute Gasteiger partial charge is 0.253 e. The summed E-state index contributed by atoms with van der Waals surface area (Å²) in [5.41, 5.74) is 6.85. The minimum Gasteiger partial charge on any atom is -0.358 e. The van der Waals surface area contributed by atoms with Gasteiger partial charge in [-0.15, -0.1) is 0 Å². The molecule has 174 valence electrons. The molecule has 1 saturated heterocycles. The number of piperazine rings is 1. The molecule has 2 aromatic carbocycles. The first-order valence-corrected chi connectivity index (χ1v) is 12.2. The van der Waals surface area contributed by atoms with E-state index >= 15 is 0 Å². The Bertz CT molecular complexity index is 1330. The summed E-state index contributed by atoms with van der Waals surface area (Å²) < 4.78 is 5.49. The van der Waals surface area contributed by atoms with Crippen molar-refractivity contribution in [2.75, 3.05) is 26.2 Å². The lowest BCUT2D eigenvalue weighted by Gasteiger charge is -2.34. The molecule has 7 nitrogen and oxygen atoms in total. The van der Waals surface area contributed by atoms with E-state index in [9.17, 15) is 4.79 Å². The van der Waals surface area contributed by atoms with E-state index in [2.05, 4.69) is 39.1 Å². The molecule has 1 N–H and O–H groups in total. The summed E-state index contributed by atoms with van der Waals surface area (Å²) in [6.07, 6.45) is 4.69. The summed E-state index contributed by atoms with van der Waals surface area (Å²) in [5.74, 6) is 1.34. The van der Waals surface area contributed by atoms with Crippen LogP contribution in [0.25, 0.3) is 22.3 Å². The van der Waals surface area contributed by atoms with Crippen molar-refractivity contribution in [3.63, 3.8) is 0 Å². The number of hydrogen-bond donors (Lipinski definition) is 1. The molecule has 1 amide bonds. The van der Waals surface area contributed by atoms with E-state index in [4.69, 9.17) is 4.52 Å². The van der Waals surface area contributed by atoms with Gasteiger partial charge in [-0.1, -0.05) is 35.0 Å². The van der Waals surface area contributed by atoms with Crippen LogP contribution in [0.5, 0.6) is 0 Å². The number of aromatic nitrogens is 3. The number of aryl methyl sites for hydroxylation is 3. The maximum absolute atomic E-state index is 13.2. The molecule has 2 aromatic heterocycles. The molecule has 4 aromatic rings. The molecule has 0 bridgehead atoms. The highest BCUT2D eigenvalue weighted by atomic mass is 16.5. The number of rotatable bonds is 4. The second kappa shape index (κ2) is 8.72. The fourth-order valence-corrected chi connectivity index (χ4v) is 5.16. The maximum Gasteiger partial charge on any atom is 0.253 e. The SMILES string of the molecule is Cc1ccc(-c2noc(CN3CCN(C(=O)c4ccc5[nH]c6c(c5c4)CCCC6)CC3)n2)cc1. The first-order valence-electron chi connectivity index (χ1n) is 12.2. The van der Waals surface area contributed by atoms with Gasteiger partial charge in [-0.2, -0.15) is 4.98 Å². The van der Waals surface area contributed by atoms with Crippen LogP contribution in [0.2, 0.25) is 0 Å². The third-order valence-corrected chi connectivity index (χ3v) is 7.14. The fraction of sp³-hybridized carbons (Fsp3) is 0.370. The number of benzene rings is 2. The average Bonchev–Trinajstić information content (AvgIpc) is 3.49. The van der Waals surface area contributed by atoms with Crippen LogP contribution in [0, 0.1) is 6.92 Å². The van der Waals surface area contributed by atoms with Gasteiger partial charge in [-0.05, 0) is 56.4 Å². The van der Waals surface area contributed by atoms with E-state index < -0.39 is 0 Å². The minimum atomic E-state index is 0.117. The maximum atomic E-state index is 13.2. The third kappa shape index (κ3) is 4.01. The first kappa shape index (κ1) is 21.1. The van der Waals surface area contributed by atoms with Gasteiger partial charge in [0.2, 0.25) is 11.7 Å². The van der Waals surface area contributed by atoms with Gasteiger partial charge in [0.05, 0.1) is 6.54 Å². The topological polar surface area (TPSA) is 78.3 Å². The third-order valence-electron chi connectivity index (χ3n) is 7.14. The number of aromatic amines is 1. The second-order valence-electron chi connectivity index (χ2n) is 9.50. The zero-order valence-corrected chi connectivity index (χ0v) is 19.5. The molecule has 1 aliphatic heterocycles. The number of carbonyl (C=O) groups is 1. The largest absolute Gasteiger partial charge is 0.358 e. The summed E-state index contributed by atoms with van der Waals surface area (Å²) in [4.78, 5) is 25.6. The van der Waals surface area contributed by atoms with Crippen LogP contribution in [0.4, 0.5) is 0 Å². The normalized spacial score (nSPS) is 16.7. The Balaban J connectivity index is 1.09. The summed E-state index contributed by atoms with van der Waals surface area (Å²) in [7, 11) is 0. The lowest BCUT2D eigenvalue weighted by molar-refractivity contribution is 0.0615. The van der Waals surface area contributed by atoms with Gasteiger partial charge in [0.25, 0.3) is 5.91 Å². The van der Waals surface area contributed by atoms with Gasteiger partial charge in [-0.3, -0.25) is 9.69 Å². The Hall–Kier alpha value is -3.45. The number of fused-ring (bicyclic) bond motifs is 3. The lowest BCUT2D eigenvalue weighted by atomic mass is 9.95. The Kier molecular flexibility index (Phi) is 5.41. The van der Waals surface area contributed by atoms with E-state index in [1.165, 1.54) is 35.0 Å².